The molecule has 0 aliphatic carbocycles. The van der Waals surface area contributed by atoms with Crippen molar-refractivity contribution in [3.05, 3.63) is 134 Å². The fourth-order valence-corrected chi connectivity index (χ4v) is 8.91. The minimum Gasteiger partial charge on any atom is -0.338 e. The molecule has 1 aromatic heterocycles. The minimum atomic E-state index is -0.939. The first-order valence-electron chi connectivity index (χ1n) is 21.3. The summed E-state index contributed by atoms with van der Waals surface area (Å²) >= 11 is 0. The maximum absolute atomic E-state index is 15.3. The molecule has 4 aromatic carbocycles. The molecule has 0 unspecified atom stereocenters. The lowest BCUT2D eigenvalue weighted by Crippen LogP contribution is -2.55. The number of aromatic nitrogens is 2. The van der Waals surface area contributed by atoms with Crippen molar-refractivity contribution < 1.29 is 31.9 Å². The number of nitrogens with one attached hydrogen (secondary N) is 1. The lowest BCUT2D eigenvalue weighted by molar-refractivity contribution is -0.134. The highest BCUT2D eigenvalue weighted by molar-refractivity contribution is 5.96. The van der Waals surface area contributed by atoms with Crippen molar-refractivity contribution in [2.75, 3.05) is 78.5 Å². The number of likely N-dealkylation sites (tertiary alicyclic amines) is 1. The summed E-state index contributed by atoms with van der Waals surface area (Å²) in [5, 5.41) is 7.91. The SMILES string of the molecule is CCc1cc(-c2cc(F)c(C(=O)N3CCC(CN4CCN(CC(=O)N5CCN(C(=O)c6cc(Cc7n[nH]c(=O)c8ccccc78)ccc6F)CC5)CC4)CC3)c(F)c2)ccc1F. The molecule has 8 rings (SSSR count). The van der Waals surface area contributed by atoms with Crippen LogP contribution in [-0.2, 0) is 17.6 Å². The second-order valence-electron chi connectivity index (χ2n) is 16.5. The molecule has 3 aliphatic rings. The smallest absolute Gasteiger partial charge is 0.272 e. The lowest BCUT2D eigenvalue weighted by Gasteiger charge is -2.40. The van der Waals surface area contributed by atoms with Crippen molar-refractivity contribution >= 4 is 28.5 Å². The van der Waals surface area contributed by atoms with Gasteiger partial charge in [-0.3, -0.25) is 24.1 Å². The molecule has 11 nitrogen and oxygen atoms in total. The molecule has 3 saturated heterocycles. The number of aromatic amines is 1. The fraction of sp³-hybridized carbons (Fsp3) is 0.383. The van der Waals surface area contributed by atoms with E-state index in [9.17, 15) is 23.6 Å². The van der Waals surface area contributed by atoms with Gasteiger partial charge in [0.2, 0.25) is 5.91 Å². The van der Waals surface area contributed by atoms with Gasteiger partial charge in [-0.1, -0.05) is 37.3 Å². The van der Waals surface area contributed by atoms with Gasteiger partial charge in [0.1, 0.15) is 28.8 Å². The van der Waals surface area contributed by atoms with Gasteiger partial charge in [0.05, 0.1) is 23.2 Å². The summed E-state index contributed by atoms with van der Waals surface area (Å²) in [5.74, 6) is -3.69. The number of amides is 3. The zero-order valence-electron chi connectivity index (χ0n) is 34.6. The van der Waals surface area contributed by atoms with Crippen LogP contribution in [0.4, 0.5) is 17.6 Å². The molecular weight excluding hydrogens is 803 g/mol. The van der Waals surface area contributed by atoms with Crippen LogP contribution in [0.15, 0.2) is 77.6 Å². The molecule has 4 heterocycles. The number of aryl methyl sites for hydroxylation is 1. The fourth-order valence-electron chi connectivity index (χ4n) is 8.91. The molecule has 62 heavy (non-hydrogen) atoms. The van der Waals surface area contributed by atoms with E-state index in [0.29, 0.717) is 104 Å². The topological polar surface area (TPSA) is 113 Å². The van der Waals surface area contributed by atoms with Gasteiger partial charge < -0.3 is 19.6 Å². The van der Waals surface area contributed by atoms with Crippen molar-refractivity contribution in [1.29, 1.82) is 0 Å². The zero-order chi connectivity index (χ0) is 43.5. The average molecular weight is 852 g/mol. The highest BCUT2D eigenvalue weighted by Gasteiger charge is 2.31. The zero-order valence-corrected chi connectivity index (χ0v) is 34.6. The van der Waals surface area contributed by atoms with Crippen molar-refractivity contribution in [3.63, 3.8) is 0 Å². The van der Waals surface area contributed by atoms with Crippen LogP contribution >= 0.6 is 0 Å². The van der Waals surface area contributed by atoms with Crippen molar-refractivity contribution in [2.45, 2.75) is 32.6 Å². The number of nitrogens with zero attached hydrogens (tertiary/aromatic N) is 6. The van der Waals surface area contributed by atoms with E-state index in [1.165, 1.54) is 29.2 Å². The third-order valence-electron chi connectivity index (χ3n) is 12.6. The van der Waals surface area contributed by atoms with E-state index >= 15 is 13.2 Å². The maximum atomic E-state index is 15.3. The molecule has 15 heteroatoms. The Labute approximate surface area is 356 Å². The summed E-state index contributed by atoms with van der Waals surface area (Å²) in [4.78, 5) is 61.7. The van der Waals surface area contributed by atoms with E-state index in [-0.39, 0.29) is 48.0 Å². The number of halogens is 4. The van der Waals surface area contributed by atoms with Gasteiger partial charge in [-0.15, -0.1) is 0 Å². The Balaban J connectivity index is 0.765. The van der Waals surface area contributed by atoms with Crippen LogP contribution in [0.2, 0.25) is 0 Å². The summed E-state index contributed by atoms with van der Waals surface area (Å²) in [7, 11) is 0. The summed E-state index contributed by atoms with van der Waals surface area (Å²) in [6.07, 6.45) is 2.14. The molecule has 0 atom stereocenters. The highest BCUT2D eigenvalue weighted by atomic mass is 19.1. The third-order valence-corrected chi connectivity index (χ3v) is 12.6. The normalized spacial score (nSPS) is 16.9. The van der Waals surface area contributed by atoms with Crippen molar-refractivity contribution in [3.8, 4) is 11.1 Å². The second-order valence-corrected chi connectivity index (χ2v) is 16.5. The predicted molar refractivity (Wildman–Crippen MR) is 227 cm³/mol. The number of fused-ring (bicyclic) bond motifs is 1. The molecule has 0 saturated carbocycles. The first-order valence-corrected chi connectivity index (χ1v) is 21.3. The number of hydrogen-bond donors (Lipinski definition) is 1. The molecule has 5 aromatic rings. The van der Waals surface area contributed by atoms with Crippen LogP contribution in [-0.4, -0.2) is 131 Å². The molecule has 3 fully saturated rings. The standard InChI is InChI=1S/C47H49F4N7O4/c1-2-32-25-33(8-10-38(32)48)34-26-40(50)44(41(51)27-34)47(62)57-13-11-30(12-14-57)28-54-15-17-55(18-16-54)29-43(59)56-19-21-58(22-20-56)46(61)37-23-31(7-9-39(37)49)24-42-35-5-3-4-6-36(35)45(60)53-52-42/h3-10,23,25-27,30H,2,11-22,24,28-29H2,1H3,(H,53,60). The van der Waals surface area contributed by atoms with Gasteiger partial charge in [-0.05, 0) is 89.9 Å². The Morgan fingerprint density at radius 1 is 0.661 bits per heavy atom. The van der Waals surface area contributed by atoms with Crippen molar-refractivity contribution in [2.24, 2.45) is 5.92 Å². The Hall–Kier alpha value is -5.93. The predicted octanol–water partition coefficient (Wildman–Crippen LogP) is 5.75. The van der Waals surface area contributed by atoms with Crippen LogP contribution in [0.25, 0.3) is 21.9 Å². The van der Waals surface area contributed by atoms with E-state index in [2.05, 4.69) is 20.0 Å². The van der Waals surface area contributed by atoms with E-state index in [1.807, 2.05) is 12.1 Å². The van der Waals surface area contributed by atoms with Crippen LogP contribution in [0.1, 0.15) is 57.3 Å². The first kappa shape index (κ1) is 42.7. The van der Waals surface area contributed by atoms with Gasteiger partial charge in [0.15, 0.2) is 0 Å². The molecule has 0 spiro atoms. The molecule has 3 amide bonds. The van der Waals surface area contributed by atoms with E-state index in [4.69, 9.17) is 0 Å². The van der Waals surface area contributed by atoms with Gasteiger partial charge in [-0.2, -0.15) is 5.10 Å². The largest absolute Gasteiger partial charge is 0.338 e. The molecule has 0 radical (unpaired) electrons. The molecule has 0 bridgehead atoms. The maximum Gasteiger partial charge on any atom is 0.272 e. The van der Waals surface area contributed by atoms with Crippen LogP contribution in [0.3, 0.4) is 0 Å². The number of piperidine rings is 1. The molecule has 1 N–H and O–H groups in total. The Morgan fingerprint density at radius 3 is 1.98 bits per heavy atom. The number of benzene rings is 4. The van der Waals surface area contributed by atoms with E-state index < -0.39 is 34.8 Å². The average Bonchev–Trinajstić information content (AvgIpc) is 3.28. The Bertz CT molecular complexity index is 2520. The number of piperazine rings is 2. The van der Waals surface area contributed by atoms with E-state index in [1.54, 1.807) is 41.0 Å². The summed E-state index contributed by atoms with van der Waals surface area (Å²) in [5.41, 5.74) is 1.53. The Morgan fingerprint density at radius 2 is 1.29 bits per heavy atom. The lowest BCUT2D eigenvalue weighted by atomic mass is 9.95. The number of hydrogen-bond acceptors (Lipinski definition) is 7. The molecule has 324 valence electrons. The van der Waals surface area contributed by atoms with Gasteiger partial charge in [0.25, 0.3) is 17.4 Å². The molecule has 3 aliphatic heterocycles. The summed E-state index contributed by atoms with van der Waals surface area (Å²) in [6, 6.07) is 18.1. The van der Waals surface area contributed by atoms with Crippen molar-refractivity contribution in [1.82, 2.24) is 34.7 Å². The van der Waals surface area contributed by atoms with Gasteiger partial charge in [-0.25, -0.2) is 22.7 Å². The quantitative estimate of drug-likeness (QED) is 0.178. The van der Waals surface area contributed by atoms with Gasteiger partial charge in [0, 0.05) is 83.8 Å². The first-order chi connectivity index (χ1) is 29.9. The van der Waals surface area contributed by atoms with Gasteiger partial charge >= 0.3 is 0 Å². The van der Waals surface area contributed by atoms with Crippen LogP contribution in [0.5, 0.6) is 0 Å². The Kier molecular flexibility index (Phi) is 12.8. The number of carbonyl (C=O) groups excluding carboxylic acids is 3. The number of rotatable bonds is 10. The second kappa shape index (κ2) is 18.6. The number of carbonyl (C=O) groups is 3. The minimum absolute atomic E-state index is 0.0139. The third kappa shape index (κ3) is 9.28. The van der Waals surface area contributed by atoms with E-state index in [0.717, 1.165) is 31.8 Å². The number of H-pyrrole nitrogens is 1. The van der Waals surface area contributed by atoms with Crippen LogP contribution in [0, 0.1) is 29.2 Å². The van der Waals surface area contributed by atoms with Crippen LogP contribution < -0.4 is 5.56 Å². The summed E-state index contributed by atoms with van der Waals surface area (Å²) in [6.45, 7) is 7.94. The summed E-state index contributed by atoms with van der Waals surface area (Å²) < 4.78 is 59.5. The monoisotopic (exact) mass is 851 g/mol. The highest BCUT2D eigenvalue weighted by Crippen LogP contribution is 2.29. The molecular formula is C47H49F4N7O4.